The average Bonchev–Trinajstić information content (AvgIpc) is 2.18. The first kappa shape index (κ1) is 9.47. The van der Waals surface area contributed by atoms with E-state index in [1.165, 1.54) is 0 Å². The molecule has 0 aliphatic heterocycles. The smallest absolute Gasteiger partial charge is 0.119 e. The molecule has 0 aliphatic carbocycles. The van der Waals surface area contributed by atoms with Crippen LogP contribution in [0.25, 0.3) is 0 Å². The molecule has 0 fully saturated rings. The topological polar surface area (TPSA) is 21.3 Å². The fourth-order valence-corrected chi connectivity index (χ4v) is 1.12. The third-order valence-electron chi connectivity index (χ3n) is 1.89. The highest BCUT2D eigenvalue weighted by atomic mass is 16.5. The Hall–Kier alpha value is -1.62. The summed E-state index contributed by atoms with van der Waals surface area (Å²) < 4.78 is 5.10. The Labute approximate surface area is 78.9 Å². The molecule has 13 heavy (non-hydrogen) atoms. The fourth-order valence-electron chi connectivity index (χ4n) is 1.12. The summed E-state index contributed by atoms with van der Waals surface area (Å²) >= 11 is 0. The molecule has 2 nitrogen and oxygen atoms in total. The van der Waals surface area contributed by atoms with Gasteiger partial charge in [0, 0.05) is 6.04 Å². The first-order valence-electron chi connectivity index (χ1n) is 4.13. The zero-order valence-electron chi connectivity index (χ0n) is 7.87. The summed E-state index contributed by atoms with van der Waals surface area (Å²) in [5.41, 5.74) is 1.12. The lowest BCUT2D eigenvalue weighted by atomic mass is 10.1. The van der Waals surface area contributed by atoms with Gasteiger partial charge in [-0.05, 0) is 24.6 Å². The normalized spacial score (nSPS) is 11.5. The molecule has 0 heterocycles. The number of hydrogen-bond acceptors (Lipinski definition) is 2. The van der Waals surface area contributed by atoms with Crippen molar-refractivity contribution in [1.82, 2.24) is 5.32 Å². The van der Waals surface area contributed by atoms with Crippen LogP contribution in [0.1, 0.15) is 18.5 Å². The van der Waals surface area contributed by atoms with Gasteiger partial charge < -0.3 is 10.1 Å². The molecule has 1 N–H and O–H groups in total. The molecule has 0 aromatic heterocycles. The Morgan fingerprint density at radius 3 is 2.92 bits per heavy atom. The molecule has 0 radical (unpaired) electrons. The Morgan fingerprint density at radius 2 is 2.31 bits per heavy atom. The van der Waals surface area contributed by atoms with Crippen LogP contribution in [0.3, 0.4) is 0 Å². The van der Waals surface area contributed by atoms with Crippen LogP contribution in [0.4, 0.5) is 0 Å². The molecule has 1 atom stereocenters. The highest BCUT2D eigenvalue weighted by Gasteiger charge is 2.03. The van der Waals surface area contributed by atoms with E-state index < -0.39 is 0 Å². The highest BCUT2D eigenvalue weighted by Crippen LogP contribution is 2.18. The van der Waals surface area contributed by atoms with Gasteiger partial charge in [0.1, 0.15) is 5.75 Å². The van der Waals surface area contributed by atoms with E-state index in [9.17, 15) is 0 Å². The first-order chi connectivity index (χ1) is 6.27. The number of nitrogens with one attached hydrogen (secondary N) is 1. The molecule has 1 aromatic rings. The summed E-state index contributed by atoms with van der Waals surface area (Å²) in [5.74, 6) is 0.850. The molecule has 0 saturated carbocycles. The number of hydrogen-bond donors (Lipinski definition) is 1. The molecule has 0 saturated heterocycles. The highest BCUT2D eigenvalue weighted by molar-refractivity contribution is 5.30. The quantitative estimate of drug-likeness (QED) is 0.560. The lowest BCUT2D eigenvalue weighted by molar-refractivity contribution is 0.413. The minimum Gasteiger partial charge on any atom is -0.497 e. The Bertz CT molecular complexity index is 314. The van der Waals surface area contributed by atoms with Crippen LogP contribution in [0, 0.1) is 12.5 Å². The molecule has 1 unspecified atom stereocenters. The first-order valence-corrected chi connectivity index (χ1v) is 4.13. The van der Waals surface area contributed by atoms with Crippen molar-refractivity contribution in [2.45, 2.75) is 13.0 Å². The van der Waals surface area contributed by atoms with Gasteiger partial charge in [-0.3, -0.25) is 0 Å². The van der Waals surface area contributed by atoms with Gasteiger partial charge in [-0.2, -0.15) is 0 Å². The third kappa shape index (κ3) is 2.41. The largest absolute Gasteiger partial charge is 0.497 e. The molecule has 2 heteroatoms. The van der Waals surface area contributed by atoms with E-state index in [0.29, 0.717) is 0 Å². The standard InChI is InChI=1S/C11H13NO/c1-4-12-9(2)10-6-5-7-11(8-10)13-3/h1,5-9,12H,2-3H3. The fraction of sp³-hybridized carbons (Fsp3) is 0.273. The van der Waals surface area contributed by atoms with Crippen LogP contribution in [-0.2, 0) is 0 Å². The molecule has 0 bridgehead atoms. The summed E-state index contributed by atoms with van der Waals surface area (Å²) in [4.78, 5) is 0. The Balaban J connectivity index is 2.83. The van der Waals surface area contributed by atoms with Gasteiger partial charge in [0.05, 0.1) is 13.2 Å². The average molecular weight is 175 g/mol. The van der Waals surface area contributed by atoms with E-state index in [1.807, 2.05) is 31.2 Å². The number of rotatable bonds is 3. The monoisotopic (exact) mass is 175 g/mol. The number of ether oxygens (including phenoxy) is 1. The van der Waals surface area contributed by atoms with E-state index in [0.717, 1.165) is 11.3 Å². The predicted octanol–water partition coefficient (Wildman–Crippen LogP) is 1.94. The van der Waals surface area contributed by atoms with E-state index in [1.54, 1.807) is 7.11 Å². The maximum Gasteiger partial charge on any atom is 0.119 e. The van der Waals surface area contributed by atoms with Crippen LogP contribution < -0.4 is 10.1 Å². The summed E-state index contributed by atoms with van der Waals surface area (Å²) in [6.45, 7) is 2.01. The lowest BCUT2D eigenvalue weighted by Gasteiger charge is -2.11. The molecule has 1 aromatic carbocycles. The predicted molar refractivity (Wildman–Crippen MR) is 53.4 cm³/mol. The van der Waals surface area contributed by atoms with Gasteiger partial charge in [0.2, 0.25) is 0 Å². The SMILES string of the molecule is C#CNC(C)c1cccc(OC)c1. The number of benzene rings is 1. The second-order valence-electron chi connectivity index (χ2n) is 2.79. The van der Waals surface area contributed by atoms with E-state index >= 15 is 0 Å². The molecular formula is C11H13NO. The molecule has 1 rings (SSSR count). The van der Waals surface area contributed by atoms with E-state index in [2.05, 4.69) is 11.4 Å². The van der Waals surface area contributed by atoms with Crippen molar-refractivity contribution in [3.8, 4) is 18.2 Å². The zero-order valence-corrected chi connectivity index (χ0v) is 7.87. The maximum atomic E-state index is 5.14. The summed E-state index contributed by atoms with van der Waals surface area (Å²) in [7, 11) is 1.65. The molecular weight excluding hydrogens is 162 g/mol. The summed E-state index contributed by atoms with van der Waals surface area (Å²) in [6, 6.07) is 10.4. The van der Waals surface area contributed by atoms with Crippen molar-refractivity contribution in [1.29, 1.82) is 0 Å². The zero-order chi connectivity index (χ0) is 9.68. The van der Waals surface area contributed by atoms with Crippen molar-refractivity contribution < 1.29 is 4.74 Å². The Morgan fingerprint density at radius 1 is 1.54 bits per heavy atom. The summed E-state index contributed by atoms with van der Waals surface area (Å²) in [6.07, 6.45) is 5.14. The van der Waals surface area contributed by atoms with Crippen molar-refractivity contribution in [2.24, 2.45) is 0 Å². The molecule has 0 spiro atoms. The van der Waals surface area contributed by atoms with Crippen LogP contribution in [-0.4, -0.2) is 7.11 Å². The maximum absolute atomic E-state index is 5.14. The van der Waals surface area contributed by atoms with E-state index in [4.69, 9.17) is 11.2 Å². The number of methoxy groups -OCH3 is 1. The van der Waals surface area contributed by atoms with E-state index in [-0.39, 0.29) is 6.04 Å². The van der Waals surface area contributed by atoms with Gasteiger partial charge in [0.25, 0.3) is 0 Å². The van der Waals surface area contributed by atoms with Gasteiger partial charge in [-0.25, -0.2) is 0 Å². The van der Waals surface area contributed by atoms with Gasteiger partial charge in [-0.1, -0.05) is 18.6 Å². The molecule has 0 amide bonds. The van der Waals surface area contributed by atoms with Crippen molar-refractivity contribution in [3.05, 3.63) is 29.8 Å². The Kier molecular flexibility index (Phi) is 3.22. The van der Waals surface area contributed by atoms with Gasteiger partial charge >= 0.3 is 0 Å². The van der Waals surface area contributed by atoms with Crippen LogP contribution >= 0.6 is 0 Å². The van der Waals surface area contributed by atoms with Crippen molar-refractivity contribution in [3.63, 3.8) is 0 Å². The molecule has 0 aliphatic rings. The minimum atomic E-state index is 0.153. The van der Waals surface area contributed by atoms with Gasteiger partial charge in [0.15, 0.2) is 0 Å². The van der Waals surface area contributed by atoms with Crippen LogP contribution in [0.2, 0.25) is 0 Å². The van der Waals surface area contributed by atoms with Crippen molar-refractivity contribution >= 4 is 0 Å². The van der Waals surface area contributed by atoms with Crippen molar-refractivity contribution in [2.75, 3.05) is 7.11 Å². The summed E-state index contributed by atoms with van der Waals surface area (Å²) in [5, 5.41) is 2.89. The lowest BCUT2D eigenvalue weighted by Crippen LogP contribution is -2.11. The minimum absolute atomic E-state index is 0.153. The second kappa shape index (κ2) is 4.42. The second-order valence-corrected chi connectivity index (χ2v) is 2.79. The van der Waals surface area contributed by atoms with Crippen LogP contribution in [0.15, 0.2) is 24.3 Å². The third-order valence-corrected chi connectivity index (χ3v) is 1.89. The molecule has 68 valence electrons. The van der Waals surface area contributed by atoms with Crippen LogP contribution in [0.5, 0.6) is 5.75 Å². The number of terminal acetylenes is 1. The van der Waals surface area contributed by atoms with Gasteiger partial charge in [-0.15, -0.1) is 0 Å².